The zero-order chi connectivity index (χ0) is 10.6. The van der Waals surface area contributed by atoms with Crippen molar-refractivity contribution in [1.82, 2.24) is 0 Å². The van der Waals surface area contributed by atoms with Gasteiger partial charge in [0.05, 0.1) is 5.69 Å². The van der Waals surface area contributed by atoms with Crippen LogP contribution in [0.2, 0.25) is 0 Å². The van der Waals surface area contributed by atoms with E-state index in [1.165, 1.54) is 0 Å². The monoisotopic (exact) mass is 195 g/mol. The lowest BCUT2D eigenvalue weighted by molar-refractivity contribution is 0.0942. The maximum absolute atomic E-state index is 10.3. The highest BCUT2D eigenvalue weighted by molar-refractivity contribution is 5.91. The second-order valence-electron chi connectivity index (χ2n) is 2.37. The molecule has 0 unspecified atom stereocenters. The Morgan fingerprint density at radius 2 is 2.00 bits per heavy atom. The summed E-state index contributed by atoms with van der Waals surface area (Å²) in [7, 11) is 0. The van der Waals surface area contributed by atoms with Gasteiger partial charge in [-0.05, 0) is 12.1 Å². The molecule has 0 atom stereocenters. The number of rotatable bonds is 1. The minimum Gasteiger partial charge on any atom is -0.448 e. The van der Waals surface area contributed by atoms with Crippen molar-refractivity contribution in [3.63, 3.8) is 0 Å². The molecule has 0 amide bonds. The number of nitrogens with one attached hydrogen (secondary N) is 1. The molecule has 1 rings (SSSR count). The number of hydroxylamine groups is 1. The van der Waals surface area contributed by atoms with E-state index in [2.05, 4.69) is 4.84 Å². The number of anilines is 1. The van der Waals surface area contributed by atoms with E-state index in [0.29, 0.717) is 10.8 Å². The van der Waals surface area contributed by atoms with E-state index in [0.717, 1.165) is 0 Å². The average Bonchev–Trinajstić information content (AvgIpc) is 2.15. The van der Waals surface area contributed by atoms with E-state index in [-0.39, 0.29) is 0 Å². The maximum atomic E-state index is 10.3. The molecule has 0 saturated carbocycles. The second-order valence-corrected chi connectivity index (χ2v) is 2.37. The van der Waals surface area contributed by atoms with Crippen LogP contribution in [0.4, 0.5) is 10.5 Å². The summed E-state index contributed by atoms with van der Waals surface area (Å²) in [5.41, 5.74) is 5.52. The van der Waals surface area contributed by atoms with Crippen molar-refractivity contribution >= 4 is 17.8 Å². The Morgan fingerprint density at radius 3 is 2.43 bits per heavy atom. The second kappa shape index (κ2) is 4.13. The number of nitrogens with zero attached hydrogens (tertiary/aromatic N) is 1. The van der Waals surface area contributed by atoms with Crippen molar-refractivity contribution in [2.75, 3.05) is 5.06 Å². The highest BCUT2D eigenvalue weighted by atomic mass is 16.8. The molecule has 0 aliphatic heterocycles. The first-order valence-corrected chi connectivity index (χ1v) is 3.71. The van der Waals surface area contributed by atoms with Crippen LogP contribution in [0.1, 0.15) is 0 Å². The minimum absolute atomic E-state index is 0.377. The molecular weight excluding hydrogens is 186 g/mol. The number of benzene rings is 1. The molecule has 1 aromatic carbocycles. The van der Waals surface area contributed by atoms with Gasteiger partial charge in [-0.2, -0.15) is 0 Å². The molecule has 14 heavy (non-hydrogen) atoms. The Morgan fingerprint density at radius 1 is 1.43 bits per heavy atom. The Labute approximate surface area is 80.0 Å². The van der Waals surface area contributed by atoms with Gasteiger partial charge in [0.2, 0.25) is 5.96 Å². The number of carboxylic acid groups (broad SMARTS) is 1. The molecule has 0 heterocycles. The molecule has 6 nitrogen and oxygen atoms in total. The zero-order valence-electron chi connectivity index (χ0n) is 7.18. The average molecular weight is 195 g/mol. The lowest BCUT2D eigenvalue weighted by Gasteiger charge is -2.18. The van der Waals surface area contributed by atoms with Crippen molar-refractivity contribution in [3.8, 4) is 0 Å². The van der Waals surface area contributed by atoms with Gasteiger partial charge in [-0.1, -0.05) is 18.2 Å². The number of guanidine groups is 1. The molecule has 0 spiro atoms. The molecule has 0 saturated heterocycles. The predicted molar refractivity (Wildman–Crippen MR) is 49.9 cm³/mol. The van der Waals surface area contributed by atoms with Gasteiger partial charge in [0.15, 0.2) is 0 Å². The lowest BCUT2D eigenvalue weighted by Crippen LogP contribution is -2.38. The van der Waals surface area contributed by atoms with Gasteiger partial charge in [0.1, 0.15) is 0 Å². The predicted octanol–water partition coefficient (Wildman–Crippen LogP) is 0.996. The molecule has 0 aliphatic rings. The van der Waals surface area contributed by atoms with Crippen molar-refractivity contribution in [1.29, 1.82) is 5.41 Å². The van der Waals surface area contributed by atoms with Crippen LogP contribution in [-0.2, 0) is 4.84 Å². The lowest BCUT2D eigenvalue weighted by atomic mass is 10.3. The summed E-state index contributed by atoms with van der Waals surface area (Å²) in [6.45, 7) is 0. The van der Waals surface area contributed by atoms with Gasteiger partial charge in [0.25, 0.3) is 0 Å². The van der Waals surface area contributed by atoms with Crippen molar-refractivity contribution < 1.29 is 14.7 Å². The third-order valence-corrected chi connectivity index (χ3v) is 1.38. The first-order chi connectivity index (χ1) is 6.61. The summed E-state index contributed by atoms with van der Waals surface area (Å²) in [5.74, 6) is -0.501. The van der Waals surface area contributed by atoms with Crippen LogP contribution in [0.25, 0.3) is 0 Å². The SMILES string of the molecule is N=C(N)N(OC(=O)O)c1ccccc1. The number of para-hydroxylation sites is 1. The van der Waals surface area contributed by atoms with Gasteiger partial charge >= 0.3 is 6.16 Å². The van der Waals surface area contributed by atoms with Crippen LogP contribution in [0.15, 0.2) is 30.3 Å². The van der Waals surface area contributed by atoms with E-state index < -0.39 is 12.1 Å². The fraction of sp³-hybridized carbons (Fsp3) is 0. The summed E-state index contributed by atoms with van der Waals surface area (Å²) in [6, 6.07) is 8.25. The molecule has 0 fully saturated rings. The molecular formula is C8H9N3O3. The van der Waals surface area contributed by atoms with Gasteiger partial charge in [0, 0.05) is 0 Å². The summed E-state index contributed by atoms with van der Waals surface area (Å²) in [5, 5.41) is 16.2. The Bertz CT molecular complexity index is 339. The van der Waals surface area contributed by atoms with Crippen LogP contribution < -0.4 is 10.8 Å². The molecule has 0 aromatic heterocycles. The van der Waals surface area contributed by atoms with Crippen LogP contribution in [0.3, 0.4) is 0 Å². The number of carbonyl (C=O) groups is 1. The quantitative estimate of drug-likeness (QED) is 0.352. The van der Waals surface area contributed by atoms with Crippen molar-refractivity contribution in [3.05, 3.63) is 30.3 Å². The molecule has 0 aliphatic carbocycles. The third kappa shape index (κ3) is 2.37. The van der Waals surface area contributed by atoms with Crippen molar-refractivity contribution in [2.45, 2.75) is 0 Å². The van der Waals surface area contributed by atoms with Crippen molar-refractivity contribution in [2.24, 2.45) is 5.73 Å². The molecule has 6 heteroatoms. The highest BCUT2D eigenvalue weighted by Crippen LogP contribution is 2.12. The zero-order valence-corrected chi connectivity index (χ0v) is 7.18. The summed E-state index contributed by atoms with van der Waals surface area (Å²) in [6.07, 6.45) is -1.52. The Hall–Kier alpha value is -2.24. The number of hydrogen-bond donors (Lipinski definition) is 3. The summed E-state index contributed by atoms with van der Waals surface area (Å²) >= 11 is 0. The van der Waals surface area contributed by atoms with E-state index in [4.69, 9.17) is 16.2 Å². The maximum Gasteiger partial charge on any atom is 0.531 e. The fourth-order valence-corrected chi connectivity index (χ4v) is 0.882. The fourth-order valence-electron chi connectivity index (χ4n) is 0.882. The number of nitrogens with two attached hydrogens (primary N) is 1. The van der Waals surface area contributed by atoms with Crippen LogP contribution >= 0.6 is 0 Å². The smallest absolute Gasteiger partial charge is 0.448 e. The molecule has 4 N–H and O–H groups in total. The molecule has 1 aromatic rings. The Kier molecular flexibility index (Phi) is 2.90. The summed E-state index contributed by atoms with van der Waals surface area (Å²) in [4.78, 5) is 14.6. The van der Waals surface area contributed by atoms with E-state index in [1.807, 2.05) is 0 Å². The van der Waals surface area contributed by atoms with Crippen LogP contribution in [0.5, 0.6) is 0 Å². The third-order valence-electron chi connectivity index (χ3n) is 1.38. The first-order valence-electron chi connectivity index (χ1n) is 3.71. The summed E-state index contributed by atoms with van der Waals surface area (Å²) < 4.78 is 0. The van der Waals surface area contributed by atoms with Gasteiger partial charge in [-0.3, -0.25) is 10.2 Å². The standard InChI is InChI=1S/C8H9N3O3/c9-7(10)11(14-8(12)13)6-4-2-1-3-5-6/h1-5H,(H3,9,10)(H,12,13). The van der Waals surface area contributed by atoms with Gasteiger partial charge < -0.3 is 10.8 Å². The first kappa shape index (κ1) is 9.85. The highest BCUT2D eigenvalue weighted by Gasteiger charge is 2.13. The Balaban J connectivity index is 2.89. The molecule has 74 valence electrons. The van der Waals surface area contributed by atoms with Crippen LogP contribution in [-0.4, -0.2) is 17.2 Å². The van der Waals surface area contributed by atoms with Gasteiger partial charge in [-0.25, -0.2) is 4.79 Å². The molecule has 0 radical (unpaired) electrons. The minimum atomic E-state index is -1.52. The van der Waals surface area contributed by atoms with E-state index in [1.54, 1.807) is 30.3 Å². The number of hydrogen-bond acceptors (Lipinski definition) is 3. The van der Waals surface area contributed by atoms with Gasteiger partial charge in [-0.15, -0.1) is 5.06 Å². The van der Waals surface area contributed by atoms with Crippen LogP contribution in [0, 0.1) is 5.41 Å². The molecule has 0 bridgehead atoms. The largest absolute Gasteiger partial charge is 0.531 e. The van der Waals surface area contributed by atoms with E-state index >= 15 is 0 Å². The normalized spacial score (nSPS) is 9.14. The topological polar surface area (TPSA) is 99.6 Å². The van der Waals surface area contributed by atoms with E-state index in [9.17, 15) is 4.79 Å².